The second-order valence-electron chi connectivity index (χ2n) is 5.81. The Morgan fingerprint density at radius 2 is 2.13 bits per heavy atom. The van der Waals surface area contributed by atoms with Crippen LogP contribution in [0.5, 0.6) is 5.88 Å². The Kier molecular flexibility index (Phi) is 5.02. The highest BCUT2D eigenvalue weighted by Crippen LogP contribution is 2.24. The summed E-state index contributed by atoms with van der Waals surface area (Å²) in [5.41, 5.74) is 0.984. The first-order chi connectivity index (χ1) is 11.3. The average Bonchev–Trinajstić information content (AvgIpc) is 3.03. The third kappa shape index (κ3) is 3.95. The van der Waals surface area contributed by atoms with Crippen LogP contribution in [0.2, 0.25) is 0 Å². The van der Waals surface area contributed by atoms with Gasteiger partial charge in [0.1, 0.15) is 12.1 Å². The molecule has 2 aromatic heterocycles. The molecule has 124 valence electrons. The summed E-state index contributed by atoms with van der Waals surface area (Å²) in [5.74, 6) is 2.17. The normalized spacial score (nSPS) is 15.8. The van der Waals surface area contributed by atoms with Gasteiger partial charge in [-0.15, -0.1) is 5.10 Å². The van der Waals surface area contributed by atoms with Gasteiger partial charge >= 0.3 is 0 Å². The molecule has 1 aliphatic rings. The maximum absolute atomic E-state index is 5.17. The molecule has 23 heavy (non-hydrogen) atoms. The van der Waals surface area contributed by atoms with Crippen LogP contribution >= 0.6 is 0 Å². The average molecular weight is 317 g/mol. The Labute approximate surface area is 135 Å². The second kappa shape index (κ2) is 7.36. The van der Waals surface area contributed by atoms with Gasteiger partial charge in [0.2, 0.25) is 5.88 Å². The number of hydrogen-bond acceptors (Lipinski definition) is 7. The molecule has 0 unspecified atom stereocenters. The Morgan fingerprint density at radius 1 is 1.30 bits per heavy atom. The Morgan fingerprint density at radius 3 is 2.87 bits per heavy atom. The topological polar surface area (TPSA) is 81.0 Å². The van der Waals surface area contributed by atoms with Gasteiger partial charge in [0, 0.05) is 38.4 Å². The molecule has 0 amide bonds. The van der Waals surface area contributed by atoms with Crippen molar-refractivity contribution in [2.45, 2.75) is 25.9 Å². The van der Waals surface area contributed by atoms with Gasteiger partial charge in [-0.1, -0.05) is 5.21 Å². The highest BCUT2D eigenvalue weighted by molar-refractivity contribution is 5.41. The number of piperidine rings is 1. The highest BCUT2D eigenvalue weighted by Gasteiger charge is 2.21. The van der Waals surface area contributed by atoms with Gasteiger partial charge in [0.25, 0.3) is 0 Å². The zero-order valence-electron chi connectivity index (χ0n) is 13.6. The molecule has 1 fully saturated rings. The number of methoxy groups -OCH3 is 1. The van der Waals surface area contributed by atoms with E-state index in [1.165, 1.54) is 0 Å². The summed E-state index contributed by atoms with van der Waals surface area (Å²) in [4.78, 5) is 10.7. The lowest BCUT2D eigenvalue weighted by atomic mass is 9.97. The second-order valence-corrected chi connectivity index (χ2v) is 5.81. The fraction of sp³-hybridized carbons (Fsp3) is 0.600. The lowest BCUT2D eigenvalue weighted by molar-refractivity contribution is 0.337. The molecule has 0 saturated carbocycles. The molecule has 3 heterocycles. The molecule has 1 N–H and O–H groups in total. The summed E-state index contributed by atoms with van der Waals surface area (Å²) in [6, 6.07) is 1.89. The maximum atomic E-state index is 5.17. The van der Waals surface area contributed by atoms with Gasteiger partial charge in [-0.05, 0) is 25.8 Å². The Balaban J connectivity index is 1.53. The molecule has 1 aliphatic heterocycles. The van der Waals surface area contributed by atoms with E-state index in [4.69, 9.17) is 4.74 Å². The van der Waals surface area contributed by atoms with Gasteiger partial charge in [0.15, 0.2) is 0 Å². The minimum atomic E-state index is 0.608. The van der Waals surface area contributed by atoms with Gasteiger partial charge in [0.05, 0.1) is 12.8 Å². The first-order valence-electron chi connectivity index (χ1n) is 7.93. The Bertz CT molecular complexity index is 622. The van der Waals surface area contributed by atoms with Crippen LogP contribution < -0.4 is 15.0 Å². The number of anilines is 1. The van der Waals surface area contributed by atoms with Crippen LogP contribution in [-0.4, -0.2) is 52.2 Å². The van der Waals surface area contributed by atoms with Crippen molar-refractivity contribution in [3.8, 4) is 5.88 Å². The zero-order valence-corrected chi connectivity index (χ0v) is 13.6. The van der Waals surface area contributed by atoms with Crippen LogP contribution in [0, 0.1) is 5.92 Å². The molecule has 8 nitrogen and oxygen atoms in total. The third-order valence-electron chi connectivity index (χ3n) is 4.16. The van der Waals surface area contributed by atoms with Crippen molar-refractivity contribution in [2.75, 3.05) is 32.1 Å². The number of nitrogens with zero attached hydrogens (tertiary/aromatic N) is 6. The molecule has 3 rings (SSSR count). The van der Waals surface area contributed by atoms with E-state index < -0.39 is 0 Å². The first kappa shape index (κ1) is 15.7. The largest absolute Gasteiger partial charge is 0.481 e. The number of aromatic nitrogens is 5. The molecule has 2 aromatic rings. The van der Waals surface area contributed by atoms with Crippen molar-refractivity contribution in [3.05, 3.63) is 24.3 Å². The van der Waals surface area contributed by atoms with Crippen molar-refractivity contribution in [2.24, 2.45) is 5.92 Å². The molecule has 0 radical (unpaired) electrons. The summed E-state index contributed by atoms with van der Waals surface area (Å²) in [7, 11) is 3.54. The fourth-order valence-electron chi connectivity index (χ4n) is 2.91. The zero-order chi connectivity index (χ0) is 16.1. The standard InChI is InChI=1S/C15H23N7O/c1-16-8-13-10-22(20-19-13)9-12-3-5-21(6-4-12)14-7-15(23-2)18-11-17-14/h7,10-12,16H,3-6,8-9H2,1-2H3. The van der Waals surface area contributed by atoms with Crippen LogP contribution in [0.15, 0.2) is 18.6 Å². The van der Waals surface area contributed by atoms with E-state index in [1.807, 2.05) is 24.0 Å². The minimum absolute atomic E-state index is 0.608. The first-order valence-corrected chi connectivity index (χ1v) is 7.93. The van der Waals surface area contributed by atoms with E-state index >= 15 is 0 Å². The van der Waals surface area contributed by atoms with Gasteiger partial charge in [-0.2, -0.15) is 0 Å². The van der Waals surface area contributed by atoms with Crippen molar-refractivity contribution in [1.29, 1.82) is 0 Å². The van der Waals surface area contributed by atoms with Crippen LogP contribution in [0.3, 0.4) is 0 Å². The van der Waals surface area contributed by atoms with Crippen molar-refractivity contribution in [1.82, 2.24) is 30.3 Å². The summed E-state index contributed by atoms with van der Waals surface area (Å²) in [6.45, 7) is 3.66. The number of nitrogens with one attached hydrogen (secondary N) is 1. The maximum Gasteiger partial charge on any atom is 0.218 e. The molecule has 0 atom stereocenters. The summed E-state index contributed by atoms with van der Waals surface area (Å²) in [6.07, 6.45) is 5.82. The van der Waals surface area contributed by atoms with E-state index in [9.17, 15) is 0 Å². The van der Waals surface area contributed by atoms with Crippen LogP contribution in [0.4, 0.5) is 5.82 Å². The third-order valence-corrected chi connectivity index (χ3v) is 4.16. The lowest BCUT2D eigenvalue weighted by Crippen LogP contribution is -2.35. The number of hydrogen-bond donors (Lipinski definition) is 1. The molecule has 0 spiro atoms. The summed E-state index contributed by atoms with van der Waals surface area (Å²) >= 11 is 0. The fourth-order valence-corrected chi connectivity index (χ4v) is 2.91. The van der Waals surface area contributed by atoms with E-state index in [0.717, 1.165) is 50.5 Å². The highest BCUT2D eigenvalue weighted by atomic mass is 16.5. The van der Waals surface area contributed by atoms with Crippen LogP contribution in [0.25, 0.3) is 0 Å². The molecule has 0 aromatic carbocycles. The Hall–Kier alpha value is -2.22. The van der Waals surface area contributed by atoms with Gasteiger partial charge < -0.3 is 15.0 Å². The predicted molar refractivity (Wildman–Crippen MR) is 86.3 cm³/mol. The monoisotopic (exact) mass is 317 g/mol. The van der Waals surface area contributed by atoms with Gasteiger partial charge in [-0.25, -0.2) is 9.97 Å². The molecule has 1 saturated heterocycles. The lowest BCUT2D eigenvalue weighted by Gasteiger charge is -2.32. The SMILES string of the molecule is CNCc1cn(CC2CCN(c3cc(OC)ncn3)CC2)nn1. The van der Waals surface area contributed by atoms with E-state index in [-0.39, 0.29) is 0 Å². The molecular weight excluding hydrogens is 294 g/mol. The van der Waals surface area contributed by atoms with Crippen molar-refractivity contribution in [3.63, 3.8) is 0 Å². The smallest absolute Gasteiger partial charge is 0.218 e. The van der Waals surface area contributed by atoms with E-state index in [1.54, 1.807) is 13.4 Å². The quantitative estimate of drug-likeness (QED) is 0.840. The number of rotatable bonds is 6. The van der Waals surface area contributed by atoms with Crippen molar-refractivity contribution < 1.29 is 4.74 Å². The van der Waals surface area contributed by atoms with Crippen molar-refractivity contribution >= 4 is 5.82 Å². The van der Waals surface area contributed by atoms with E-state index in [0.29, 0.717) is 11.8 Å². The molecule has 0 bridgehead atoms. The summed E-state index contributed by atoms with van der Waals surface area (Å²) in [5, 5.41) is 11.5. The van der Waals surface area contributed by atoms with Gasteiger partial charge in [-0.3, -0.25) is 4.68 Å². The molecule has 8 heteroatoms. The van der Waals surface area contributed by atoms with E-state index in [2.05, 4.69) is 30.5 Å². The van der Waals surface area contributed by atoms with Crippen LogP contribution in [0.1, 0.15) is 18.5 Å². The van der Waals surface area contributed by atoms with Crippen LogP contribution in [-0.2, 0) is 13.1 Å². The number of ether oxygens (including phenoxy) is 1. The molecular formula is C15H23N7O. The predicted octanol–water partition coefficient (Wildman–Crippen LogP) is 0.713. The summed E-state index contributed by atoms with van der Waals surface area (Å²) < 4.78 is 7.13. The molecule has 0 aliphatic carbocycles. The minimum Gasteiger partial charge on any atom is -0.481 e.